The maximum Gasteiger partial charge on any atom is 0.417 e. The minimum atomic E-state index is -1.74. The molecule has 0 aromatic heterocycles. The molecule has 1 aliphatic carbocycles. The van der Waals surface area contributed by atoms with Gasteiger partial charge in [0.15, 0.2) is 0 Å². The second kappa shape index (κ2) is 27.4. The molecule has 0 N–H and O–H groups in total. The summed E-state index contributed by atoms with van der Waals surface area (Å²) in [5.74, 6) is -6.06. The molecule has 3 aromatic carbocycles. The van der Waals surface area contributed by atoms with Crippen molar-refractivity contribution >= 4 is 35.8 Å². The van der Waals surface area contributed by atoms with E-state index >= 15 is 4.39 Å². The van der Waals surface area contributed by atoms with Crippen LogP contribution in [0.1, 0.15) is 83.6 Å². The molecule has 4 rings (SSSR count). The van der Waals surface area contributed by atoms with Crippen molar-refractivity contribution in [2.24, 2.45) is 11.3 Å². The molecule has 0 spiro atoms. The molecule has 0 amide bonds. The lowest BCUT2D eigenvalue weighted by molar-refractivity contribution is -0.179. The Morgan fingerprint density at radius 1 is 0.603 bits per heavy atom. The Labute approximate surface area is 397 Å². The van der Waals surface area contributed by atoms with Gasteiger partial charge in [-0.25, -0.2) is 33.2 Å². The van der Waals surface area contributed by atoms with E-state index in [4.69, 9.17) is 42.6 Å². The van der Waals surface area contributed by atoms with Crippen LogP contribution in [0.15, 0.2) is 85.0 Å². The fraction of sp³-hybridized carbons (Fsp3) is 0.462. The third-order valence-electron chi connectivity index (χ3n) is 11.3. The van der Waals surface area contributed by atoms with E-state index in [0.29, 0.717) is 28.2 Å². The number of methoxy groups -OCH3 is 2. The molecular weight excluding hydrogens is 884 g/mol. The van der Waals surface area contributed by atoms with E-state index in [1.165, 1.54) is 53.8 Å². The number of benzene rings is 3. The van der Waals surface area contributed by atoms with Gasteiger partial charge in [0.25, 0.3) is 0 Å². The number of ether oxygens (including phenoxy) is 9. The lowest BCUT2D eigenvalue weighted by Crippen LogP contribution is -2.45. The molecule has 0 atom stereocenters. The summed E-state index contributed by atoms with van der Waals surface area (Å²) in [5, 5.41) is 0. The Kier molecular flexibility index (Phi) is 21.9. The highest BCUT2D eigenvalue weighted by Crippen LogP contribution is 2.40. The van der Waals surface area contributed by atoms with Gasteiger partial charge in [0.1, 0.15) is 62.4 Å². The second-order valence-corrected chi connectivity index (χ2v) is 16.9. The molecule has 0 aliphatic heterocycles. The van der Waals surface area contributed by atoms with Crippen LogP contribution in [0.25, 0.3) is 22.3 Å². The van der Waals surface area contributed by atoms with Crippen LogP contribution in [0, 0.1) is 17.2 Å². The second-order valence-electron chi connectivity index (χ2n) is 16.9. The van der Waals surface area contributed by atoms with Gasteiger partial charge in [-0.3, -0.25) is 0 Å². The average Bonchev–Trinajstić information content (AvgIpc) is 3.33. The van der Waals surface area contributed by atoms with Crippen LogP contribution >= 0.6 is 0 Å². The molecule has 16 heteroatoms. The number of esters is 6. The zero-order valence-corrected chi connectivity index (χ0v) is 39.7. The van der Waals surface area contributed by atoms with Crippen molar-refractivity contribution in [1.29, 1.82) is 0 Å². The SMILES string of the molecule is C=C(C)C(=O)OCC(COC(=O)C(=O)OCCOC)(COC(=O)C(=O)OCCOC)COc1ccc(-c2ccc(-c3ccc(C4CCC(CCCCC)CC4)cc3F)cc2OC(=O)C(=C)C)cc1. The first-order valence-corrected chi connectivity index (χ1v) is 22.6. The van der Waals surface area contributed by atoms with Gasteiger partial charge < -0.3 is 42.6 Å². The molecule has 3 aromatic rings. The van der Waals surface area contributed by atoms with Crippen LogP contribution in [0.5, 0.6) is 11.5 Å². The molecule has 0 unspecified atom stereocenters. The van der Waals surface area contributed by atoms with Gasteiger partial charge in [-0.2, -0.15) is 0 Å². The Balaban J connectivity index is 1.59. The Morgan fingerprint density at radius 2 is 1.13 bits per heavy atom. The lowest BCUT2D eigenvalue weighted by Gasteiger charge is -2.31. The number of rotatable bonds is 25. The summed E-state index contributed by atoms with van der Waals surface area (Å²) in [6, 6.07) is 16.9. The third kappa shape index (κ3) is 16.7. The minimum absolute atomic E-state index is 0.00352. The van der Waals surface area contributed by atoms with E-state index in [2.05, 4.69) is 20.1 Å². The highest BCUT2D eigenvalue weighted by Gasteiger charge is 2.39. The van der Waals surface area contributed by atoms with Gasteiger partial charge in [0, 0.05) is 36.5 Å². The van der Waals surface area contributed by atoms with Gasteiger partial charge in [-0.15, -0.1) is 0 Å². The predicted octanol–water partition coefficient (Wildman–Crippen LogP) is 8.45. The highest BCUT2D eigenvalue weighted by molar-refractivity contribution is 6.30. The molecule has 0 radical (unpaired) electrons. The Bertz CT molecular complexity index is 2190. The van der Waals surface area contributed by atoms with E-state index in [-0.39, 0.29) is 54.9 Å². The van der Waals surface area contributed by atoms with Gasteiger partial charge in [0.2, 0.25) is 0 Å². The summed E-state index contributed by atoms with van der Waals surface area (Å²) in [6.45, 7) is 9.30. The zero-order chi connectivity index (χ0) is 49.6. The molecule has 0 saturated heterocycles. The molecule has 1 saturated carbocycles. The smallest absolute Gasteiger partial charge is 0.417 e. The standard InChI is InChI=1S/C52H63FO15/c1-8-9-10-11-36-12-14-37(15-13-36)39-18-22-42(44(53)28-39)40-19-23-43(45(29-40)68-47(55)35(4)5)38-16-20-41(21-17-38)64-30-52(31-65-46(54)34(2)3,32-66-50(58)48(56)62-26-24-60-6)33-67-51(59)49(57)63-27-25-61-7/h16-23,28-29,36-37H,2,4,8-15,24-27,30-33H2,1,3,5-7H3. The summed E-state index contributed by atoms with van der Waals surface area (Å²) >= 11 is 0. The van der Waals surface area contributed by atoms with Crippen molar-refractivity contribution < 1.29 is 75.8 Å². The van der Waals surface area contributed by atoms with Crippen LogP contribution in [0.3, 0.4) is 0 Å². The van der Waals surface area contributed by atoms with Crippen LogP contribution in [0.4, 0.5) is 4.39 Å². The summed E-state index contributed by atoms with van der Waals surface area (Å²) in [7, 11) is 2.74. The minimum Gasteiger partial charge on any atom is -0.493 e. The Hall–Kier alpha value is -6.39. The molecule has 68 heavy (non-hydrogen) atoms. The number of unbranched alkanes of at least 4 members (excludes halogenated alkanes) is 2. The van der Waals surface area contributed by atoms with Gasteiger partial charge in [-0.1, -0.05) is 82.2 Å². The Morgan fingerprint density at radius 3 is 1.66 bits per heavy atom. The van der Waals surface area contributed by atoms with Crippen molar-refractivity contribution in [3.8, 4) is 33.8 Å². The largest absolute Gasteiger partial charge is 0.493 e. The van der Waals surface area contributed by atoms with Crippen LogP contribution in [-0.4, -0.2) is 103 Å². The molecule has 368 valence electrons. The number of carbonyl (C=O) groups is 6. The fourth-order valence-electron chi connectivity index (χ4n) is 7.35. The van der Waals surface area contributed by atoms with E-state index in [0.717, 1.165) is 37.2 Å². The monoisotopic (exact) mass is 946 g/mol. The van der Waals surface area contributed by atoms with Gasteiger partial charge >= 0.3 is 35.8 Å². The first-order chi connectivity index (χ1) is 32.6. The quantitative estimate of drug-likeness (QED) is 0.0197. The third-order valence-corrected chi connectivity index (χ3v) is 11.3. The molecule has 1 fully saturated rings. The summed E-state index contributed by atoms with van der Waals surface area (Å²) < 4.78 is 63.0. The van der Waals surface area contributed by atoms with Gasteiger partial charge in [-0.05, 0) is 92.3 Å². The highest BCUT2D eigenvalue weighted by atomic mass is 19.1. The summed E-state index contributed by atoms with van der Waals surface area (Å²) in [5.41, 5.74) is 1.31. The first-order valence-electron chi connectivity index (χ1n) is 22.6. The van der Waals surface area contributed by atoms with E-state index in [1.54, 1.807) is 54.6 Å². The number of hydrogen-bond acceptors (Lipinski definition) is 15. The van der Waals surface area contributed by atoms with Crippen LogP contribution in [-0.2, 0) is 61.9 Å². The van der Waals surface area contributed by atoms with Crippen LogP contribution in [0.2, 0.25) is 0 Å². The van der Waals surface area contributed by atoms with E-state index in [9.17, 15) is 28.8 Å². The van der Waals surface area contributed by atoms with Gasteiger partial charge in [0.05, 0.1) is 13.2 Å². The van der Waals surface area contributed by atoms with Crippen molar-refractivity contribution in [2.75, 3.05) is 67.1 Å². The molecule has 1 aliphatic rings. The predicted molar refractivity (Wildman–Crippen MR) is 248 cm³/mol. The van der Waals surface area contributed by atoms with E-state index < -0.39 is 67.7 Å². The molecular formula is C52H63FO15. The van der Waals surface area contributed by atoms with Crippen LogP contribution < -0.4 is 9.47 Å². The summed E-state index contributed by atoms with van der Waals surface area (Å²) in [6.07, 6.45) is 9.35. The lowest BCUT2D eigenvalue weighted by atomic mass is 9.77. The first kappa shape index (κ1) is 54.2. The molecule has 15 nitrogen and oxygen atoms in total. The van der Waals surface area contributed by atoms with Crippen molar-refractivity contribution in [3.05, 3.63) is 96.3 Å². The molecule has 0 bridgehead atoms. The maximum atomic E-state index is 15.9. The summed E-state index contributed by atoms with van der Waals surface area (Å²) in [4.78, 5) is 75.5. The number of halogens is 1. The number of hydrogen-bond donors (Lipinski definition) is 0. The average molecular weight is 947 g/mol. The fourth-order valence-corrected chi connectivity index (χ4v) is 7.35. The zero-order valence-electron chi connectivity index (χ0n) is 39.7. The topological polar surface area (TPSA) is 185 Å². The van der Waals surface area contributed by atoms with Crippen molar-refractivity contribution in [1.82, 2.24) is 0 Å². The molecule has 0 heterocycles. The maximum absolute atomic E-state index is 15.9. The van der Waals surface area contributed by atoms with Crippen molar-refractivity contribution in [2.45, 2.75) is 78.1 Å². The van der Waals surface area contributed by atoms with E-state index in [1.807, 2.05) is 6.07 Å². The number of carbonyl (C=O) groups excluding carboxylic acids is 6. The normalized spacial score (nSPS) is 14.5. The van der Waals surface area contributed by atoms with Crippen molar-refractivity contribution in [3.63, 3.8) is 0 Å².